The van der Waals surface area contributed by atoms with Crippen molar-refractivity contribution in [3.8, 4) is 0 Å². The molecule has 0 bridgehead atoms. The average Bonchev–Trinajstić information content (AvgIpc) is 4.22. The predicted octanol–water partition coefficient (Wildman–Crippen LogP) is 6.19. The van der Waals surface area contributed by atoms with Gasteiger partial charge in [0.1, 0.15) is 11.6 Å². The number of aliphatic hydroxyl groups is 4. The Morgan fingerprint density at radius 2 is 0.955 bits per heavy atom. The number of pyridine rings is 2. The summed E-state index contributed by atoms with van der Waals surface area (Å²) in [7, 11) is 3.81. The van der Waals surface area contributed by atoms with Crippen LogP contribution < -0.4 is 20.0 Å². The van der Waals surface area contributed by atoms with Crippen molar-refractivity contribution < 1.29 is 49.0 Å². The van der Waals surface area contributed by atoms with Crippen LogP contribution in [0.5, 0.6) is 0 Å². The third-order valence-electron chi connectivity index (χ3n) is 11.7. The Balaban J connectivity index is 0.000000218. The second-order valence-electron chi connectivity index (χ2n) is 17.0. The van der Waals surface area contributed by atoms with Gasteiger partial charge in [-0.3, -0.25) is 9.97 Å². The molecule has 4 N–H and O–H groups in total. The van der Waals surface area contributed by atoms with Crippen molar-refractivity contribution in [2.24, 2.45) is 0 Å². The van der Waals surface area contributed by atoms with E-state index in [1.165, 1.54) is 24.3 Å². The molecule has 0 unspecified atom stereocenters. The normalized spacial score (nSPS) is 15.4. The minimum Gasteiger partial charge on any atom is -0.550 e. The monoisotopic (exact) mass is 938 g/mol. The number of hydrogen-bond acceptors (Lipinski definition) is 12. The summed E-state index contributed by atoms with van der Waals surface area (Å²) >= 11 is 0. The molecule has 0 spiro atoms. The van der Waals surface area contributed by atoms with Gasteiger partial charge in [0.05, 0.1) is 58.2 Å². The van der Waals surface area contributed by atoms with Gasteiger partial charge >= 0.3 is 37.7 Å². The molecule has 0 radical (unpaired) electrons. The van der Waals surface area contributed by atoms with Crippen molar-refractivity contribution in [2.45, 2.75) is 87.6 Å². The molecule has 12 nitrogen and oxygen atoms in total. The molecular formula is C52H52CaF2N4O8. The van der Waals surface area contributed by atoms with Gasteiger partial charge in [-0.2, -0.15) is 0 Å². The molecule has 67 heavy (non-hydrogen) atoms. The summed E-state index contributed by atoms with van der Waals surface area (Å²) in [6, 6.07) is 28.1. The molecule has 2 fully saturated rings. The summed E-state index contributed by atoms with van der Waals surface area (Å²) in [5.41, 5.74) is 8.61. The number of para-hydroxylation sites is 2. The Morgan fingerprint density at radius 3 is 1.28 bits per heavy atom. The third kappa shape index (κ3) is 13.4. The number of rotatable bonds is 18. The Morgan fingerprint density at radius 1 is 0.612 bits per heavy atom. The molecule has 344 valence electrons. The minimum atomic E-state index is -1.36. The van der Waals surface area contributed by atoms with E-state index in [1.54, 1.807) is 48.6 Å². The van der Waals surface area contributed by atoms with Crippen molar-refractivity contribution in [1.29, 1.82) is 0 Å². The van der Waals surface area contributed by atoms with Crippen LogP contribution in [0.25, 0.3) is 34.0 Å². The zero-order chi connectivity index (χ0) is 47.1. The van der Waals surface area contributed by atoms with Crippen molar-refractivity contribution in [3.05, 3.63) is 143 Å². The summed E-state index contributed by atoms with van der Waals surface area (Å²) in [5.74, 6) is -2.73. The molecule has 0 saturated heterocycles. The van der Waals surface area contributed by atoms with Crippen LogP contribution in [0.1, 0.15) is 85.7 Å². The first-order valence-electron chi connectivity index (χ1n) is 22.0. The Labute approximate surface area is 417 Å². The number of carbonyl (C=O) groups excluding carboxylic acids is 2. The van der Waals surface area contributed by atoms with Gasteiger partial charge in [0, 0.05) is 96.8 Å². The topological polar surface area (TPSA) is 193 Å². The molecule has 2 aromatic heterocycles. The zero-order valence-corrected chi connectivity index (χ0v) is 39.6. The van der Waals surface area contributed by atoms with E-state index in [0.717, 1.165) is 92.8 Å². The van der Waals surface area contributed by atoms with Gasteiger partial charge in [0.2, 0.25) is 0 Å². The fourth-order valence-electron chi connectivity index (χ4n) is 8.11. The van der Waals surface area contributed by atoms with Crippen LogP contribution in [0.4, 0.5) is 31.5 Å². The maximum atomic E-state index is 13.5. The number of carboxylic acids is 2. The van der Waals surface area contributed by atoms with Crippen LogP contribution >= 0.6 is 0 Å². The Hall–Kier alpha value is -5.32. The number of carbonyl (C=O) groups is 2. The summed E-state index contributed by atoms with van der Waals surface area (Å²) in [6.45, 7) is 0. The molecule has 0 aliphatic heterocycles. The van der Waals surface area contributed by atoms with E-state index in [9.17, 15) is 49.0 Å². The van der Waals surface area contributed by atoms with E-state index < -0.39 is 49.2 Å². The molecule has 2 aliphatic rings. The number of aromatic nitrogens is 2. The average molecular weight is 939 g/mol. The maximum absolute atomic E-state index is 13.5. The zero-order valence-electron chi connectivity index (χ0n) is 37.3. The standard InChI is InChI=1S/2C26H27FN2O4.Ca/c2*1-29(18-10-8-17(27)9-11-18)26-21-4-2-3-5-23(21)28-25(16-6-7-16)22(26)13-12-19(30)14-20(31)15-24(32)33;/h2*2-5,8-13,16,19-20,30-31H,6-7,14-15H2,1H3,(H,32,33);/q;;+2/p-2/b2*13-12+;/t2*19-,20-;/m11./s1. The van der Waals surface area contributed by atoms with E-state index in [2.05, 4.69) is 0 Å². The van der Waals surface area contributed by atoms with E-state index in [0.29, 0.717) is 11.8 Å². The first-order valence-corrected chi connectivity index (χ1v) is 22.0. The number of aliphatic carboxylic acids is 2. The smallest absolute Gasteiger partial charge is 0.550 e. The van der Waals surface area contributed by atoms with Gasteiger partial charge < -0.3 is 50.0 Å². The largest absolute Gasteiger partial charge is 2.00 e. The first-order chi connectivity index (χ1) is 31.7. The minimum absolute atomic E-state index is 0. The number of benzene rings is 4. The van der Waals surface area contributed by atoms with Crippen LogP contribution in [0.2, 0.25) is 0 Å². The van der Waals surface area contributed by atoms with E-state index >= 15 is 0 Å². The van der Waals surface area contributed by atoms with E-state index in [4.69, 9.17) is 9.97 Å². The molecule has 4 atom stereocenters. The maximum Gasteiger partial charge on any atom is 2.00 e. The molecule has 15 heteroatoms. The molecule has 2 saturated carbocycles. The number of anilines is 4. The van der Waals surface area contributed by atoms with Gasteiger partial charge in [0.25, 0.3) is 0 Å². The Kier molecular flexibility index (Phi) is 17.6. The first kappa shape index (κ1) is 51.1. The van der Waals surface area contributed by atoms with Crippen LogP contribution in [0.15, 0.2) is 109 Å². The predicted molar refractivity (Wildman–Crippen MR) is 253 cm³/mol. The van der Waals surface area contributed by atoms with E-state index in [-0.39, 0.29) is 62.2 Å². The van der Waals surface area contributed by atoms with Crippen LogP contribution in [-0.2, 0) is 9.59 Å². The van der Waals surface area contributed by atoms with Gasteiger partial charge in [-0.05, 0) is 86.3 Å². The third-order valence-corrected chi connectivity index (χ3v) is 11.7. The molecular weight excluding hydrogens is 887 g/mol. The van der Waals surface area contributed by atoms with Gasteiger partial charge in [-0.15, -0.1) is 0 Å². The molecule has 2 aliphatic carbocycles. The fraction of sp³-hybridized carbons (Fsp3) is 0.308. The van der Waals surface area contributed by atoms with E-state index in [1.807, 2.05) is 72.4 Å². The molecule has 8 rings (SSSR count). The van der Waals surface area contributed by atoms with Crippen LogP contribution in [0, 0.1) is 11.6 Å². The molecule has 0 amide bonds. The van der Waals surface area contributed by atoms with Gasteiger partial charge in [0.15, 0.2) is 0 Å². The number of fused-ring (bicyclic) bond motifs is 2. The SMILES string of the molecule is CN(c1ccc(F)cc1)c1c(/C=C/[C@@H](O)C[C@@H](O)CC(=O)[O-])c(C2CC2)nc2ccccc12.CN(c1ccc(F)cc1)c1c(/C=C/[C@@H](O)C[C@@H](O)CC(=O)[O-])c(C2CC2)nc2ccccc12.[Ca+2]. The van der Waals surface area contributed by atoms with Crippen LogP contribution in [-0.4, -0.2) is 119 Å². The van der Waals surface area contributed by atoms with Crippen molar-refractivity contribution in [3.63, 3.8) is 0 Å². The summed E-state index contributed by atoms with van der Waals surface area (Å²) in [5, 5.41) is 63.7. The van der Waals surface area contributed by atoms with Crippen molar-refractivity contribution >= 4 is 106 Å². The quantitative estimate of drug-likeness (QED) is 0.0716. The summed E-state index contributed by atoms with van der Waals surface area (Å²) < 4.78 is 27.1. The van der Waals surface area contributed by atoms with Crippen molar-refractivity contribution in [2.75, 3.05) is 23.9 Å². The Bertz CT molecular complexity index is 2540. The van der Waals surface area contributed by atoms with Gasteiger partial charge in [-0.25, -0.2) is 8.78 Å². The van der Waals surface area contributed by atoms with Crippen molar-refractivity contribution in [1.82, 2.24) is 9.97 Å². The number of hydrogen-bond donors (Lipinski definition) is 4. The number of aliphatic hydroxyl groups excluding tert-OH is 4. The summed E-state index contributed by atoms with van der Waals surface area (Å²) in [4.78, 5) is 35.2. The fourth-order valence-corrected chi connectivity index (χ4v) is 8.11. The van der Waals surface area contributed by atoms with Gasteiger partial charge in [-0.1, -0.05) is 60.7 Å². The molecule has 4 aromatic carbocycles. The number of halogens is 2. The number of nitrogens with zero attached hydrogens (tertiary/aromatic N) is 4. The molecule has 6 aromatic rings. The second-order valence-corrected chi connectivity index (χ2v) is 17.0. The van der Waals surface area contributed by atoms with Crippen LogP contribution in [0.3, 0.4) is 0 Å². The number of carboxylic acid groups (broad SMARTS) is 2. The molecule has 2 heterocycles. The summed E-state index contributed by atoms with van der Waals surface area (Å²) in [6.07, 6.45) is 5.01. The second kappa shape index (κ2) is 23.1.